The molecule has 0 amide bonds. The number of hydrazone groups is 1. The van der Waals surface area contributed by atoms with Crippen molar-refractivity contribution in [2.45, 2.75) is 45.4 Å². The molecule has 0 heterocycles. The highest BCUT2D eigenvalue weighted by Gasteiger charge is 2.60. The monoisotopic (exact) mass is 320 g/mol. The number of fused-ring (bicyclic) bond motifs is 1. The van der Waals surface area contributed by atoms with Crippen LogP contribution in [-0.4, -0.2) is 14.1 Å². The van der Waals surface area contributed by atoms with Gasteiger partial charge in [0, 0.05) is 5.71 Å². The zero-order valence-corrected chi connectivity index (χ0v) is 14.4. The van der Waals surface area contributed by atoms with E-state index in [2.05, 4.69) is 30.7 Å². The summed E-state index contributed by atoms with van der Waals surface area (Å²) in [6.45, 7) is 8.67. The third-order valence-electron chi connectivity index (χ3n) is 5.53. The van der Waals surface area contributed by atoms with E-state index in [0.717, 1.165) is 30.0 Å². The van der Waals surface area contributed by atoms with E-state index in [1.807, 2.05) is 6.92 Å². The Balaban J connectivity index is 1.74. The molecular weight excluding hydrogens is 296 g/mol. The highest BCUT2D eigenvalue weighted by atomic mass is 32.2. The van der Waals surface area contributed by atoms with Crippen LogP contribution in [0.4, 0.5) is 0 Å². The zero-order valence-electron chi connectivity index (χ0n) is 13.6. The van der Waals surface area contributed by atoms with Crippen molar-refractivity contribution in [3.05, 3.63) is 29.8 Å². The maximum atomic E-state index is 12.3. The van der Waals surface area contributed by atoms with Crippen LogP contribution in [0.1, 0.15) is 39.2 Å². The van der Waals surface area contributed by atoms with Crippen LogP contribution in [0.5, 0.6) is 0 Å². The molecule has 5 heteroatoms. The van der Waals surface area contributed by atoms with Gasteiger partial charge in [-0.2, -0.15) is 13.5 Å². The Labute approximate surface area is 133 Å². The Morgan fingerprint density at radius 1 is 1.18 bits per heavy atom. The fraction of sp³-hybridized carbons (Fsp3) is 0.588. The summed E-state index contributed by atoms with van der Waals surface area (Å²) in [5.41, 5.74) is 2.41. The first kappa shape index (κ1) is 15.5. The normalized spacial score (nSPS) is 31.6. The maximum Gasteiger partial charge on any atom is 0.276 e. The van der Waals surface area contributed by atoms with Crippen molar-refractivity contribution in [3.8, 4) is 0 Å². The van der Waals surface area contributed by atoms with Gasteiger partial charge in [-0.15, -0.1) is 0 Å². The second-order valence-electron chi connectivity index (χ2n) is 7.39. The standard InChI is InChI=1S/C17H24N2O2S/c1-11-5-7-13(8-6-11)22(20,21)19-18-16-10-15-14(9-12(16)2)17(15,3)4/h5-8,12,14-15,19H,9-10H2,1-4H3/b18-16-/t12-,14-,15-/m0/s1. The lowest BCUT2D eigenvalue weighted by Gasteiger charge is -2.19. The highest BCUT2D eigenvalue weighted by Crippen LogP contribution is 2.65. The van der Waals surface area contributed by atoms with E-state index in [4.69, 9.17) is 0 Å². The first-order chi connectivity index (χ1) is 10.2. The summed E-state index contributed by atoms with van der Waals surface area (Å²) in [5, 5.41) is 4.26. The molecule has 4 nitrogen and oxygen atoms in total. The Kier molecular flexibility index (Phi) is 3.59. The number of aryl methyl sites for hydroxylation is 1. The summed E-state index contributed by atoms with van der Waals surface area (Å²) in [7, 11) is -3.57. The minimum absolute atomic E-state index is 0.260. The van der Waals surface area contributed by atoms with Crippen LogP contribution in [-0.2, 0) is 10.0 Å². The number of hydrogen-bond acceptors (Lipinski definition) is 3. The lowest BCUT2D eigenvalue weighted by molar-refractivity contribution is 0.495. The first-order valence-corrected chi connectivity index (χ1v) is 9.35. The third-order valence-corrected chi connectivity index (χ3v) is 6.76. The van der Waals surface area contributed by atoms with E-state index in [0.29, 0.717) is 17.3 Å². The second-order valence-corrected chi connectivity index (χ2v) is 9.05. The summed E-state index contributed by atoms with van der Waals surface area (Å²) >= 11 is 0. The molecular formula is C17H24N2O2S. The van der Waals surface area contributed by atoms with E-state index in [-0.39, 0.29) is 4.90 Å². The van der Waals surface area contributed by atoms with Crippen molar-refractivity contribution >= 4 is 15.7 Å². The average Bonchev–Trinajstić information content (AvgIpc) is 2.97. The van der Waals surface area contributed by atoms with Gasteiger partial charge in [0.15, 0.2) is 0 Å². The van der Waals surface area contributed by atoms with Crippen molar-refractivity contribution in [2.24, 2.45) is 28.3 Å². The zero-order chi connectivity index (χ0) is 16.1. The van der Waals surface area contributed by atoms with Gasteiger partial charge < -0.3 is 0 Å². The Hall–Kier alpha value is -1.36. The molecule has 2 fully saturated rings. The molecule has 1 N–H and O–H groups in total. The molecule has 2 aliphatic rings. The molecule has 1 aromatic carbocycles. The number of nitrogens with one attached hydrogen (secondary N) is 1. The Morgan fingerprint density at radius 2 is 1.82 bits per heavy atom. The van der Waals surface area contributed by atoms with Gasteiger partial charge >= 0.3 is 0 Å². The molecule has 22 heavy (non-hydrogen) atoms. The fourth-order valence-electron chi connectivity index (χ4n) is 3.72. The summed E-state index contributed by atoms with van der Waals surface area (Å²) in [5.74, 6) is 1.78. The van der Waals surface area contributed by atoms with Gasteiger partial charge in [-0.05, 0) is 55.1 Å². The molecule has 0 aliphatic heterocycles. The molecule has 0 bridgehead atoms. The van der Waals surface area contributed by atoms with Gasteiger partial charge in [-0.1, -0.05) is 38.5 Å². The number of rotatable bonds is 3. The Bertz CT molecular complexity index is 705. The minimum atomic E-state index is -3.57. The van der Waals surface area contributed by atoms with Gasteiger partial charge in [0.25, 0.3) is 10.0 Å². The molecule has 0 saturated heterocycles. The second kappa shape index (κ2) is 5.08. The van der Waals surface area contributed by atoms with E-state index >= 15 is 0 Å². The largest absolute Gasteiger partial charge is 0.276 e. The van der Waals surface area contributed by atoms with Crippen LogP contribution in [0.2, 0.25) is 0 Å². The van der Waals surface area contributed by atoms with E-state index in [1.54, 1.807) is 24.3 Å². The smallest absolute Gasteiger partial charge is 0.200 e. The molecule has 1 aromatic rings. The molecule has 2 aliphatic carbocycles. The molecule has 120 valence electrons. The minimum Gasteiger partial charge on any atom is -0.200 e. The quantitative estimate of drug-likeness (QED) is 0.868. The van der Waals surface area contributed by atoms with Gasteiger partial charge in [0.1, 0.15) is 0 Å². The van der Waals surface area contributed by atoms with Crippen LogP contribution >= 0.6 is 0 Å². The number of benzene rings is 1. The van der Waals surface area contributed by atoms with Crippen LogP contribution in [0.15, 0.2) is 34.3 Å². The van der Waals surface area contributed by atoms with Gasteiger partial charge in [0.2, 0.25) is 0 Å². The Morgan fingerprint density at radius 3 is 2.45 bits per heavy atom. The van der Waals surface area contributed by atoms with Crippen molar-refractivity contribution in [1.82, 2.24) is 4.83 Å². The summed E-state index contributed by atoms with van der Waals surface area (Å²) < 4.78 is 24.6. The predicted molar refractivity (Wildman–Crippen MR) is 88.1 cm³/mol. The lowest BCUT2D eigenvalue weighted by Crippen LogP contribution is -2.25. The maximum absolute atomic E-state index is 12.3. The molecule has 0 unspecified atom stereocenters. The SMILES string of the molecule is Cc1ccc(S(=O)(=O)N/N=C2/C[C@H]3[C@H](C[C@@H]2C)C3(C)C)cc1. The topological polar surface area (TPSA) is 58.5 Å². The first-order valence-electron chi connectivity index (χ1n) is 7.87. The van der Waals surface area contributed by atoms with Crippen molar-refractivity contribution < 1.29 is 8.42 Å². The number of nitrogens with zero attached hydrogens (tertiary/aromatic N) is 1. The predicted octanol–water partition coefficient (Wildman–Crippen LogP) is 3.33. The molecule has 2 saturated carbocycles. The third kappa shape index (κ3) is 2.67. The summed E-state index contributed by atoms with van der Waals surface area (Å²) in [4.78, 5) is 2.68. The average molecular weight is 320 g/mol. The van der Waals surface area contributed by atoms with Crippen LogP contribution < -0.4 is 4.83 Å². The summed E-state index contributed by atoms with van der Waals surface area (Å²) in [6.07, 6.45) is 2.03. The van der Waals surface area contributed by atoms with E-state index in [1.165, 1.54) is 0 Å². The van der Waals surface area contributed by atoms with E-state index < -0.39 is 10.0 Å². The van der Waals surface area contributed by atoms with E-state index in [9.17, 15) is 8.42 Å². The number of hydrogen-bond donors (Lipinski definition) is 1. The van der Waals surface area contributed by atoms with Crippen molar-refractivity contribution in [1.29, 1.82) is 0 Å². The van der Waals surface area contributed by atoms with Gasteiger partial charge in [-0.3, -0.25) is 0 Å². The molecule has 0 spiro atoms. The van der Waals surface area contributed by atoms with Crippen LogP contribution in [0.3, 0.4) is 0 Å². The van der Waals surface area contributed by atoms with Crippen LogP contribution in [0, 0.1) is 30.1 Å². The molecule has 0 aromatic heterocycles. The van der Waals surface area contributed by atoms with Crippen molar-refractivity contribution in [3.63, 3.8) is 0 Å². The summed E-state index contributed by atoms with van der Waals surface area (Å²) in [6, 6.07) is 6.81. The van der Waals surface area contributed by atoms with Crippen LogP contribution in [0.25, 0.3) is 0 Å². The lowest BCUT2D eigenvalue weighted by atomic mass is 9.89. The van der Waals surface area contributed by atoms with Gasteiger partial charge in [-0.25, -0.2) is 4.83 Å². The number of sulfonamides is 1. The molecule has 3 rings (SSSR count). The van der Waals surface area contributed by atoms with Crippen molar-refractivity contribution in [2.75, 3.05) is 0 Å². The highest BCUT2D eigenvalue weighted by molar-refractivity contribution is 7.89. The van der Waals surface area contributed by atoms with Gasteiger partial charge in [0.05, 0.1) is 4.90 Å². The fourth-order valence-corrected chi connectivity index (χ4v) is 4.56. The molecule has 0 radical (unpaired) electrons. The molecule has 3 atom stereocenters.